The third-order valence-corrected chi connectivity index (χ3v) is 4.17. The number of aliphatic hydroxyl groups is 3. The van der Waals surface area contributed by atoms with Crippen molar-refractivity contribution < 1.29 is 33.1 Å². The first-order chi connectivity index (χ1) is 12.3. The minimum Gasteiger partial charge on any atom is -0.392 e. The summed E-state index contributed by atoms with van der Waals surface area (Å²) in [6, 6.07) is 0. The molecule has 0 aromatic heterocycles. The van der Waals surface area contributed by atoms with Crippen LogP contribution in [0, 0.1) is 5.92 Å². The fourth-order valence-electron chi connectivity index (χ4n) is 2.30. The van der Waals surface area contributed by atoms with Crippen LogP contribution in [-0.2, 0) is 14.9 Å². The van der Waals surface area contributed by atoms with E-state index in [2.05, 4.69) is 11.9 Å². The van der Waals surface area contributed by atoms with Crippen LogP contribution in [0.1, 0.15) is 34.1 Å². The van der Waals surface area contributed by atoms with Crippen LogP contribution in [-0.4, -0.2) is 89.3 Å². The molecule has 0 aromatic carbocycles. The Morgan fingerprint density at radius 3 is 1.74 bits per heavy atom. The largest absolute Gasteiger partial charge is 0.392 e. The molecule has 9 nitrogen and oxygen atoms in total. The van der Waals surface area contributed by atoms with E-state index in [-0.39, 0.29) is 17.6 Å². The van der Waals surface area contributed by atoms with E-state index >= 15 is 0 Å². The molecule has 0 heterocycles. The summed E-state index contributed by atoms with van der Waals surface area (Å²) < 4.78 is 29.4. The normalized spacial score (nSPS) is 15.9. The predicted molar refractivity (Wildman–Crippen MR) is 105 cm³/mol. The molecule has 162 valence electrons. The molecular weight excluding hydrogens is 376 g/mol. The topological polar surface area (TPSA) is 147 Å². The van der Waals surface area contributed by atoms with E-state index < -0.39 is 28.4 Å². The molecule has 0 saturated heterocycles. The van der Waals surface area contributed by atoms with Crippen molar-refractivity contribution in [1.82, 2.24) is 10.2 Å². The average molecular weight is 413 g/mol. The van der Waals surface area contributed by atoms with Crippen LogP contribution in [0.5, 0.6) is 0 Å². The van der Waals surface area contributed by atoms with Crippen LogP contribution >= 0.6 is 0 Å². The lowest BCUT2D eigenvalue weighted by Crippen LogP contribution is -2.40. The Hall–Kier alpha value is -1.04. The van der Waals surface area contributed by atoms with Gasteiger partial charge in [0.25, 0.3) is 10.1 Å². The summed E-state index contributed by atoms with van der Waals surface area (Å²) in [5.74, 6) is -0.754. The zero-order chi connectivity index (χ0) is 21.6. The second kappa shape index (κ2) is 14.9. The quantitative estimate of drug-likeness (QED) is 0.215. The van der Waals surface area contributed by atoms with Crippen molar-refractivity contribution in [3.8, 4) is 0 Å². The Labute approximate surface area is 162 Å². The van der Waals surface area contributed by atoms with Gasteiger partial charge in [0, 0.05) is 26.2 Å². The van der Waals surface area contributed by atoms with Gasteiger partial charge in [0.2, 0.25) is 5.91 Å². The summed E-state index contributed by atoms with van der Waals surface area (Å²) >= 11 is 0. The number of rotatable bonds is 12. The number of carbonyl (C=O) groups is 1. The molecule has 0 radical (unpaired) electrons. The number of hydrogen-bond acceptors (Lipinski definition) is 7. The lowest BCUT2D eigenvalue weighted by Gasteiger charge is -2.25. The third kappa shape index (κ3) is 22.9. The molecule has 27 heavy (non-hydrogen) atoms. The van der Waals surface area contributed by atoms with Crippen molar-refractivity contribution in [1.29, 1.82) is 0 Å². The van der Waals surface area contributed by atoms with Gasteiger partial charge in [0.1, 0.15) is 0 Å². The van der Waals surface area contributed by atoms with Gasteiger partial charge in [-0.05, 0) is 39.2 Å². The van der Waals surface area contributed by atoms with E-state index in [0.29, 0.717) is 32.6 Å². The Kier molecular flexibility index (Phi) is 15.6. The van der Waals surface area contributed by atoms with Crippen LogP contribution < -0.4 is 5.32 Å². The number of amides is 1. The molecule has 0 aliphatic carbocycles. The van der Waals surface area contributed by atoms with Crippen molar-refractivity contribution in [2.75, 3.05) is 31.9 Å². The second-order valence-electron chi connectivity index (χ2n) is 6.90. The molecule has 0 saturated carbocycles. The van der Waals surface area contributed by atoms with E-state index in [0.717, 1.165) is 6.08 Å². The summed E-state index contributed by atoms with van der Waals surface area (Å²) in [7, 11) is -3.91. The maximum atomic E-state index is 10.7. The molecule has 0 aromatic rings. The first kappa shape index (κ1) is 28.2. The fraction of sp³-hybridized carbons (Fsp3) is 0.824. The van der Waals surface area contributed by atoms with Gasteiger partial charge < -0.3 is 20.6 Å². The van der Waals surface area contributed by atoms with Crippen molar-refractivity contribution in [2.45, 2.75) is 52.4 Å². The number of hydrogen-bond donors (Lipinski definition) is 5. The lowest BCUT2D eigenvalue weighted by atomic mass is 10.1. The molecule has 0 rings (SSSR count). The van der Waals surface area contributed by atoms with Crippen LogP contribution in [0.4, 0.5) is 0 Å². The van der Waals surface area contributed by atoms with Gasteiger partial charge in [-0.3, -0.25) is 14.2 Å². The molecular formula is C17H36N2O7S. The lowest BCUT2D eigenvalue weighted by molar-refractivity contribution is -0.116. The fourth-order valence-corrected chi connectivity index (χ4v) is 3.19. The van der Waals surface area contributed by atoms with Crippen molar-refractivity contribution >= 4 is 16.0 Å². The summed E-state index contributed by atoms with van der Waals surface area (Å²) in [6.07, 6.45) is 0.347. The maximum Gasteiger partial charge on any atom is 0.265 e. The Morgan fingerprint density at radius 1 is 1.04 bits per heavy atom. The molecule has 0 fully saturated rings. The van der Waals surface area contributed by atoms with E-state index in [1.54, 1.807) is 27.7 Å². The summed E-state index contributed by atoms with van der Waals surface area (Å²) in [5.41, 5.74) is 0. The number of nitrogens with zero attached hydrogens (tertiary/aromatic N) is 1. The van der Waals surface area contributed by atoms with Crippen LogP contribution in [0.2, 0.25) is 0 Å². The summed E-state index contributed by atoms with van der Waals surface area (Å²) in [5, 5.41) is 29.9. The van der Waals surface area contributed by atoms with Crippen molar-refractivity contribution in [2.24, 2.45) is 5.92 Å². The molecule has 0 spiro atoms. The summed E-state index contributed by atoms with van der Waals surface area (Å²) in [6.45, 7) is 11.9. The van der Waals surface area contributed by atoms with Gasteiger partial charge in [0.05, 0.1) is 24.1 Å². The first-order valence-electron chi connectivity index (χ1n) is 8.88. The highest BCUT2D eigenvalue weighted by Crippen LogP contribution is 2.03. The van der Waals surface area contributed by atoms with Crippen molar-refractivity contribution in [3.63, 3.8) is 0 Å². The van der Waals surface area contributed by atoms with Crippen LogP contribution in [0.25, 0.3) is 0 Å². The third-order valence-electron chi connectivity index (χ3n) is 3.18. The standard InChI is InChI=1S/C9H21NO3.C8H15NO4S/c1-7(11)4-10(5-8(2)12)6-9(3)13;1-3-8(10)9-5-4-7(2)6-14(11,12)13/h7-9,11-13H,4-6H2,1-3H3;3,7H,1,4-6H2,2H3,(H,9,10)(H,11,12,13). The molecule has 0 aliphatic heterocycles. The van der Waals surface area contributed by atoms with Gasteiger partial charge in [0.15, 0.2) is 0 Å². The summed E-state index contributed by atoms with van der Waals surface area (Å²) in [4.78, 5) is 12.5. The van der Waals surface area contributed by atoms with Gasteiger partial charge in [-0.25, -0.2) is 0 Å². The van der Waals surface area contributed by atoms with E-state index in [4.69, 9.17) is 19.9 Å². The van der Waals surface area contributed by atoms with Crippen LogP contribution in [0.15, 0.2) is 12.7 Å². The Balaban J connectivity index is 0. The smallest absolute Gasteiger partial charge is 0.265 e. The van der Waals surface area contributed by atoms with Gasteiger partial charge >= 0.3 is 0 Å². The van der Waals surface area contributed by atoms with E-state index in [9.17, 15) is 13.2 Å². The van der Waals surface area contributed by atoms with Crippen molar-refractivity contribution in [3.05, 3.63) is 12.7 Å². The average Bonchev–Trinajstić information content (AvgIpc) is 2.43. The van der Waals surface area contributed by atoms with Crippen LogP contribution in [0.3, 0.4) is 0 Å². The zero-order valence-electron chi connectivity index (χ0n) is 16.7. The van der Waals surface area contributed by atoms with Gasteiger partial charge in [-0.2, -0.15) is 8.42 Å². The SMILES string of the molecule is C=CC(=O)NCCC(C)CS(=O)(=O)O.CC(O)CN(CC(C)O)CC(C)O. The van der Waals surface area contributed by atoms with E-state index in [1.807, 2.05) is 4.90 Å². The number of carbonyl (C=O) groups excluding carboxylic acids is 1. The highest BCUT2D eigenvalue weighted by atomic mass is 32.2. The molecule has 1 amide bonds. The van der Waals surface area contributed by atoms with E-state index in [1.165, 1.54) is 0 Å². The Bertz CT molecular complexity index is 484. The monoisotopic (exact) mass is 412 g/mol. The molecule has 4 unspecified atom stereocenters. The number of aliphatic hydroxyl groups excluding tert-OH is 3. The highest BCUT2D eigenvalue weighted by molar-refractivity contribution is 7.85. The molecule has 10 heteroatoms. The first-order valence-corrected chi connectivity index (χ1v) is 10.5. The zero-order valence-corrected chi connectivity index (χ0v) is 17.5. The highest BCUT2D eigenvalue weighted by Gasteiger charge is 2.13. The minimum absolute atomic E-state index is 0.185. The Morgan fingerprint density at radius 2 is 1.44 bits per heavy atom. The number of nitrogens with one attached hydrogen (secondary N) is 1. The second-order valence-corrected chi connectivity index (χ2v) is 8.40. The predicted octanol–water partition coefficient (Wildman–Crippen LogP) is -0.367. The molecule has 0 bridgehead atoms. The minimum atomic E-state index is -3.91. The molecule has 4 atom stereocenters. The van der Waals surface area contributed by atoms with Gasteiger partial charge in [-0.15, -0.1) is 0 Å². The van der Waals surface area contributed by atoms with Gasteiger partial charge in [-0.1, -0.05) is 13.5 Å². The maximum absolute atomic E-state index is 10.7. The molecule has 5 N–H and O–H groups in total. The molecule has 0 aliphatic rings.